The largest absolute Gasteiger partial charge is 0.399 e. The summed E-state index contributed by atoms with van der Waals surface area (Å²) in [7, 11) is 0. The maximum Gasteiger partial charge on any atom is 0.230 e. The first kappa shape index (κ1) is 36.7. The number of benzene rings is 4. The van der Waals surface area contributed by atoms with Gasteiger partial charge in [-0.25, -0.2) is 9.97 Å². The zero-order valence-corrected chi connectivity index (χ0v) is 31.3. The molecule has 3 N–H and O–H groups in total. The first-order chi connectivity index (χ1) is 27.1. The number of fused-ring (bicyclic) bond motifs is 2. The molecule has 2 aliphatic rings. The molecule has 2 aromatic heterocycles. The van der Waals surface area contributed by atoms with Crippen LogP contribution in [0.15, 0.2) is 97.3 Å². The lowest BCUT2D eigenvalue weighted by atomic mass is 9.85. The van der Waals surface area contributed by atoms with E-state index >= 15 is 0 Å². The molecule has 56 heavy (non-hydrogen) atoms. The summed E-state index contributed by atoms with van der Waals surface area (Å²) in [6.07, 6.45) is 3.66. The predicted molar refractivity (Wildman–Crippen MR) is 215 cm³/mol. The molecule has 2 aliphatic heterocycles. The third kappa shape index (κ3) is 7.90. The van der Waals surface area contributed by atoms with Crippen LogP contribution in [0.5, 0.6) is 0 Å². The highest BCUT2D eigenvalue weighted by molar-refractivity contribution is 6.11. The second-order valence-electron chi connectivity index (χ2n) is 14.8. The van der Waals surface area contributed by atoms with Crippen molar-refractivity contribution < 1.29 is 23.9 Å². The number of morpholine rings is 2. The molecule has 4 aromatic carbocycles. The summed E-state index contributed by atoms with van der Waals surface area (Å²) in [4.78, 5) is 63.6. The van der Waals surface area contributed by atoms with Gasteiger partial charge >= 0.3 is 0 Å². The van der Waals surface area contributed by atoms with E-state index < -0.39 is 5.41 Å². The lowest BCUT2D eigenvalue weighted by Crippen LogP contribution is -2.46. The van der Waals surface area contributed by atoms with E-state index in [1.165, 1.54) is 0 Å². The number of hydrogen-bond acceptors (Lipinski definition) is 12. The SMILES string of the molecule is CC(C)(CC1CN(c2cnc3ccc(C(=O)c4cccc(N)c4)cc3n2)CCO1)C(=O)Nc1cccc(C(=O)c2ccc3ncc(N4CCOCC4)nc3c2)c1. The van der Waals surface area contributed by atoms with Gasteiger partial charge in [0.25, 0.3) is 0 Å². The van der Waals surface area contributed by atoms with Crippen molar-refractivity contribution in [3.05, 3.63) is 120 Å². The van der Waals surface area contributed by atoms with Crippen molar-refractivity contribution in [3.63, 3.8) is 0 Å². The van der Waals surface area contributed by atoms with Crippen molar-refractivity contribution in [2.75, 3.05) is 66.8 Å². The summed E-state index contributed by atoms with van der Waals surface area (Å²) in [6, 6.07) is 24.5. The van der Waals surface area contributed by atoms with Gasteiger partial charge in [-0.2, -0.15) is 0 Å². The van der Waals surface area contributed by atoms with Crippen LogP contribution in [0.25, 0.3) is 22.1 Å². The van der Waals surface area contributed by atoms with Crippen molar-refractivity contribution in [3.8, 4) is 0 Å². The fourth-order valence-corrected chi connectivity index (χ4v) is 7.15. The Morgan fingerprint density at radius 1 is 0.714 bits per heavy atom. The third-order valence-corrected chi connectivity index (χ3v) is 10.3. The second-order valence-corrected chi connectivity index (χ2v) is 14.8. The monoisotopic (exact) mass is 750 g/mol. The molecule has 284 valence electrons. The number of anilines is 4. The van der Waals surface area contributed by atoms with Crippen LogP contribution in [-0.4, -0.2) is 89.5 Å². The Bertz CT molecular complexity index is 2470. The number of hydrogen-bond donors (Lipinski definition) is 2. The molecule has 0 bridgehead atoms. The molecular formula is C43H42N8O5. The zero-order chi connectivity index (χ0) is 38.8. The number of carbonyl (C=O) groups is 3. The number of amides is 1. The van der Waals surface area contributed by atoms with Crippen molar-refractivity contribution in [1.82, 2.24) is 19.9 Å². The molecule has 4 heterocycles. The van der Waals surface area contributed by atoms with Gasteiger partial charge in [0.1, 0.15) is 11.6 Å². The molecule has 1 atom stereocenters. The molecule has 8 rings (SSSR count). The first-order valence-corrected chi connectivity index (χ1v) is 18.7. The summed E-state index contributed by atoms with van der Waals surface area (Å²) < 4.78 is 11.6. The summed E-state index contributed by atoms with van der Waals surface area (Å²) in [5.41, 5.74) is 10.7. The van der Waals surface area contributed by atoms with Crippen LogP contribution in [0.1, 0.15) is 52.1 Å². The molecule has 0 spiro atoms. The van der Waals surface area contributed by atoms with E-state index in [2.05, 4.69) is 25.1 Å². The quantitative estimate of drug-likeness (QED) is 0.130. The second kappa shape index (κ2) is 15.4. The zero-order valence-electron chi connectivity index (χ0n) is 31.3. The number of aromatic nitrogens is 4. The summed E-state index contributed by atoms with van der Waals surface area (Å²) in [5, 5.41) is 3.03. The average molecular weight is 751 g/mol. The van der Waals surface area contributed by atoms with Gasteiger partial charge < -0.3 is 30.3 Å². The summed E-state index contributed by atoms with van der Waals surface area (Å²) in [6.45, 7) is 8.07. The fraction of sp³-hybridized carbons (Fsp3) is 0.279. The lowest BCUT2D eigenvalue weighted by molar-refractivity contribution is -0.126. The van der Waals surface area contributed by atoms with E-state index in [-0.39, 0.29) is 23.6 Å². The standard InChI is InChI=1S/C43H42N8O5/c1-43(2,23-33-26-51(15-18-56-33)39-25-46-35-11-9-29(21-37(35)49-39)40(52)27-5-3-7-31(44)19-27)42(54)47-32-8-4-6-28(20-32)41(53)30-10-12-34-36(22-30)48-38(24-45-34)50-13-16-55-17-14-50/h3-12,19-22,24-25,33H,13-18,23,26,44H2,1-2H3,(H,47,54). The number of nitrogen functional groups attached to an aromatic ring is 1. The van der Waals surface area contributed by atoms with Crippen LogP contribution in [0, 0.1) is 5.41 Å². The maximum absolute atomic E-state index is 13.7. The van der Waals surface area contributed by atoms with Gasteiger partial charge in [-0.1, -0.05) is 38.1 Å². The molecule has 1 amide bonds. The number of ether oxygens (including phenoxy) is 2. The molecule has 13 nitrogen and oxygen atoms in total. The van der Waals surface area contributed by atoms with E-state index in [0.29, 0.717) is 101 Å². The van der Waals surface area contributed by atoms with Crippen LogP contribution in [0.3, 0.4) is 0 Å². The van der Waals surface area contributed by atoms with Gasteiger partial charge in [-0.05, 0) is 67.1 Å². The van der Waals surface area contributed by atoms with Crippen molar-refractivity contribution in [1.29, 1.82) is 0 Å². The highest BCUT2D eigenvalue weighted by atomic mass is 16.5. The number of carbonyl (C=O) groups excluding carboxylic acids is 3. The van der Waals surface area contributed by atoms with E-state index in [1.807, 2.05) is 13.8 Å². The molecule has 2 saturated heterocycles. The average Bonchev–Trinajstić information content (AvgIpc) is 3.22. The molecule has 0 aliphatic carbocycles. The number of nitrogens with one attached hydrogen (secondary N) is 1. The van der Waals surface area contributed by atoms with Gasteiger partial charge in [0.15, 0.2) is 11.6 Å². The van der Waals surface area contributed by atoms with E-state index in [0.717, 1.165) is 18.9 Å². The summed E-state index contributed by atoms with van der Waals surface area (Å²) in [5.74, 6) is 0.902. The third-order valence-electron chi connectivity index (χ3n) is 10.3. The molecule has 13 heteroatoms. The van der Waals surface area contributed by atoms with Crippen molar-refractivity contribution in [2.45, 2.75) is 26.4 Å². The van der Waals surface area contributed by atoms with E-state index in [9.17, 15) is 14.4 Å². The predicted octanol–water partition coefficient (Wildman–Crippen LogP) is 5.71. The minimum atomic E-state index is -0.811. The lowest BCUT2D eigenvalue weighted by Gasteiger charge is -2.37. The van der Waals surface area contributed by atoms with Crippen LogP contribution < -0.4 is 20.9 Å². The van der Waals surface area contributed by atoms with Gasteiger partial charge in [0.05, 0.1) is 60.4 Å². The van der Waals surface area contributed by atoms with Crippen molar-refractivity contribution >= 4 is 62.6 Å². The number of nitrogens with zero attached hydrogens (tertiary/aromatic N) is 6. The Hall–Kier alpha value is -6.31. The maximum atomic E-state index is 13.7. The van der Waals surface area contributed by atoms with Gasteiger partial charge in [0, 0.05) is 65.2 Å². The van der Waals surface area contributed by atoms with Crippen LogP contribution in [0.4, 0.5) is 23.0 Å². The summed E-state index contributed by atoms with van der Waals surface area (Å²) >= 11 is 0. The molecular weight excluding hydrogens is 709 g/mol. The molecule has 0 saturated carbocycles. The number of nitrogens with two attached hydrogens (primary N) is 1. The highest BCUT2D eigenvalue weighted by Crippen LogP contribution is 2.30. The van der Waals surface area contributed by atoms with Gasteiger partial charge in [0.2, 0.25) is 5.91 Å². The number of ketones is 2. The molecule has 2 fully saturated rings. The normalized spacial score (nSPS) is 16.2. The van der Waals surface area contributed by atoms with Gasteiger partial charge in [-0.3, -0.25) is 24.4 Å². The van der Waals surface area contributed by atoms with E-state index in [4.69, 9.17) is 25.2 Å². The Balaban J connectivity index is 0.919. The number of rotatable bonds is 10. The molecule has 1 unspecified atom stereocenters. The Morgan fingerprint density at radius 3 is 1.93 bits per heavy atom. The molecule has 6 aromatic rings. The van der Waals surface area contributed by atoms with Crippen molar-refractivity contribution in [2.24, 2.45) is 5.41 Å². The Labute approximate surface area is 323 Å². The van der Waals surface area contributed by atoms with Crippen LogP contribution in [0.2, 0.25) is 0 Å². The first-order valence-electron chi connectivity index (χ1n) is 18.7. The van der Waals surface area contributed by atoms with Crippen LogP contribution >= 0.6 is 0 Å². The minimum Gasteiger partial charge on any atom is -0.399 e. The Morgan fingerprint density at radius 2 is 1.29 bits per heavy atom. The highest BCUT2D eigenvalue weighted by Gasteiger charge is 2.34. The smallest absolute Gasteiger partial charge is 0.230 e. The Kier molecular flexibility index (Phi) is 10.1. The van der Waals surface area contributed by atoms with E-state index in [1.54, 1.807) is 97.3 Å². The fourth-order valence-electron chi connectivity index (χ4n) is 7.15. The minimum absolute atomic E-state index is 0.143. The van der Waals surface area contributed by atoms with Crippen LogP contribution in [-0.2, 0) is 14.3 Å². The van der Waals surface area contributed by atoms with Gasteiger partial charge in [-0.15, -0.1) is 0 Å². The molecule has 0 radical (unpaired) electrons. The topological polar surface area (TPSA) is 166 Å².